The lowest BCUT2D eigenvalue weighted by molar-refractivity contribution is -0.148. The Hall–Kier alpha value is -2.95. The zero-order chi connectivity index (χ0) is 25.0. The molecule has 0 spiro atoms. The van der Waals surface area contributed by atoms with Crippen LogP contribution in [0.4, 0.5) is 13.2 Å². The van der Waals surface area contributed by atoms with E-state index in [1.165, 1.54) is 19.9 Å². The molecule has 1 aromatic carbocycles. The first-order valence-electron chi connectivity index (χ1n) is 11.6. The zero-order valence-corrected chi connectivity index (χ0v) is 19.5. The van der Waals surface area contributed by atoms with Crippen molar-refractivity contribution < 1.29 is 27.8 Å². The number of ether oxygens (including phenoxy) is 1. The molecule has 1 saturated heterocycles. The number of amides is 1. The van der Waals surface area contributed by atoms with Crippen LogP contribution in [0, 0.1) is 0 Å². The molecule has 0 radical (unpaired) electrons. The molecule has 1 atom stereocenters. The van der Waals surface area contributed by atoms with E-state index < -0.39 is 17.3 Å². The largest absolute Gasteiger partial charge is 0.418 e. The molecule has 2 aliphatic rings. The second-order valence-corrected chi connectivity index (χ2v) is 9.64. The number of hydrogen-bond acceptors (Lipinski definition) is 5. The minimum absolute atomic E-state index is 0.0235. The number of hydrogen-bond donors (Lipinski definition) is 3. The standard InChI is InChI=1S/C25H27F3N4O3/c1-24(2,34)23(33)32-5-3-14-7-15(8-17(19(14)12-32)21-13-35-6-4-29-21)16-9-18-20(25(26,27)28)11-31-22(18)30-10-16/h7-11,21,29,34H,3-6,12-13H2,1-2H3,(H,30,31). The molecule has 1 unspecified atom stereocenters. The molecule has 2 aromatic heterocycles. The fraction of sp³-hybridized carbons (Fsp3) is 0.440. The summed E-state index contributed by atoms with van der Waals surface area (Å²) in [6.45, 7) is 5.45. The van der Waals surface area contributed by atoms with Gasteiger partial charge < -0.3 is 25.0 Å². The Labute approximate surface area is 200 Å². The summed E-state index contributed by atoms with van der Waals surface area (Å²) in [5.41, 5.74) is 2.25. The predicted molar refractivity (Wildman–Crippen MR) is 124 cm³/mol. The van der Waals surface area contributed by atoms with Crippen molar-refractivity contribution in [1.82, 2.24) is 20.2 Å². The van der Waals surface area contributed by atoms with Crippen molar-refractivity contribution in [2.75, 3.05) is 26.3 Å². The van der Waals surface area contributed by atoms with Crippen LogP contribution in [0.5, 0.6) is 0 Å². The van der Waals surface area contributed by atoms with Gasteiger partial charge in [-0.1, -0.05) is 6.07 Å². The number of alkyl halides is 3. The molecule has 35 heavy (non-hydrogen) atoms. The fourth-order valence-electron chi connectivity index (χ4n) is 4.90. The van der Waals surface area contributed by atoms with Gasteiger partial charge in [-0.15, -0.1) is 0 Å². The van der Waals surface area contributed by atoms with E-state index >= 15 is 0 Å². The van der Waals surface area contributed by atoms with Crippen LogP contribution in [-0.4, -0.2) is 57.8 Å². The summed E-state index contributed by atoms with van der Waals surface area (Å²) in [5.74, 6) is -0.340. The number of rotatable bonds is 3. The van der Waals surface area contributed by atoms with Gasteiger partial charge in [-0.2, -0.15) is 13.2 Å². The van der Waals surface area contributed by atoms with Crippen molar-refractivity contribution in [2.24, 2.45) is 0 Å². The Bertz CT molecular complexity index is 1270. The third-order valence-corrected chi connectivity index (χ3v) is 6.65. The van der Waals surface area contributed by atoms with E-state index in [1.54, 1.807) is 11.1 Å². The molecule has 1 fully saturated rings. The van der Waals surface area contributed by atoms with Gasteiger partial charge in [-0.3, -0.25) is 4.79 Å². The summed E-state index contributed by atoms with van der Waals surface area (Å²) < 4.78 is 46.1. The van der Waals surface area contributed by atoms with Gasteiger partial charge in [0.15, 0.2) is 0 Å². The third-order valence-electron chi connectivity index (χ3n) is 6.65. The van der Waals surface area contributed by atoms with Gasteiger partial charge in [0.25, 0.3) is 5.91 Å². The normalized spacial score (nSPS) is 19.1. The molecule has 7 nitrogen and oxygen atoms in total. The number of carbonyl (C=O) groups excluding carboxylic acids is 1. The number of fused-ring (bicyclic) bond motifs is 2. The fourth-order valence-corrected chi connectivity index (χ4v) is 4.90. The quantitative estimate of drug-likeness (QED) is 0.525. The monoisotopic (exact) mass is 488 g/mol. The Balaban J connectivity index is 1.60. The number of aliphatic hydroxyl groups is 1. The number of nitrogens with one attached hydrogen (secondary N) is 2. The molecular weight excluding hydrogens is 461 g/mol. The van der Waals surface area contributed by atoms with Gasteiger partial charge in [0, 0.05) is 43.0 Å². The number of H-pyrrole nitrogens is 1. The van der Waals surface area contributed by atoms with Crippen molar-refractivity contribution in [3.05, 3.63) is 52.8 Å². The van der Waals surface area contributed by atoms with E-state index in [2.05, 4.69) is 15.3 Å². The topological polar surface area (TPSA) is 90.5 Å². The van der Waals surface area contributed by atoms with Crippen molar-refractivity contribution in [3.63, 3.8) is 0 Å². The number of carbonyl (C=O) groups is 1. The van der Waals surface area contributed by atoms with Crippen LogP contribution in [0.2, 0.25) is 0 Å². The predicted octanol–water partition coefficient (Wildman–Crippen LogP) is 3.57. The molecule has 5 rings (SSSR count). The highest BCUT2D eigenvalue weighted by molar-refractivity contribution is 5.86. The first kappa shape index (κ1) is 23.8. The van der Waals surface area contributed by atoms with Crippen LogP contribution in [0.15, 0.2) is 30.6 Å². The van der Waals surface area contributed by atoms with Crippen LogP contribution in [0.1, 0.15) is 42.1 Å². The van der Waals surface area contributed by atoms with Crippen LogP contribution < -0.4 is 5.32 Å². The molecule has 1 amide bonds. The third kappa shape index (κ3) is 4.53. The molecule has 186 valence electrons. The van der Waals surface area contributed by atoms with Gasteiger partial charge >= 0.3 is 6.18 Å². The highest BCUT2D eigenvalue weighted by atomic mass is 19.4. The summed E-state index contributed by atoms with van der Waals surface area (Å²) in [4.78, 5) is 21.2. The van der Waals surface area contributed by atoms with E-state index in [1.807, 2.05) is 12.1 Å². The van der Waals surface area contributed by atoms with Gasteiger partial charge in [0.05, 0.1) is 24.8 Å². The maximum atomic E-state index is 13.5. The van der Waals surface area contributed by atoms with Crippen LogP contribution >= 0.6 is 0 Å². The lowest BCUT2D eigenvalue weighted by Gasteiger charge is -2.36. The summed E-state index contributed by atoms with van der Waals surface area (Å²) in [6.07, 6.45) is -1.40. The average molecular weight is 489 g/mol. The molecule has 2 aliphatic heterocycles. The van der Waals surface area contributed by atoms with E-state index in [4.69, 9.17) is 4.74 Å². The van der Waals surface area contributed by atoms with Gasteiger partial charge in [-0.25, -0.2) is 4.98 Å². The molecule has 3 aromatic rings. The number of nitrogens with zero attached hydrogens (tertiary/aromatic N) is 2. The molecule has 0 aliphatic carbocycles. The number of pyridine rings is 1. The first-order valence-corrected chi connectivity index (χ1v) is 11.6. The van der Waals surface area contributed by atoms with Crippen molar-refractivity contribution in [1.29, 1.82) is 0 Å². The minimum atomic E-state index is -4.49. The van der Waals surface area contributed by atoms with E-state index in [0.29, 0.717) is 44.8 Å². The SMILES string of the molecule is CC(C)(O)C(=O)N1CCc2cc(-c3cnc4[nH]cc(C(F)(F)F)c4c3)cc(C3COCCN3)c2C1. The summed E-state index contributed by atoms with van der Waals surface area (Å²) in [6, 6.07) is 5.32. The van der Waals surface area contributed by atoms with E-state index in [-0.39, 0.29) is 23.0 Å². The highest BCUT2D eigenvalue weighted by Crippen LogP contribution is 2.38. The van der Waals surface area contributed by atoms with E-state index in [9.17, 15) is 23.1 Å². The smallest absolute Gasteiger partial charge is 0.381 e. The lowest BCUT2D eigenvalue weighted by atomic mass is 9.87. The van der Waals surface area contributed by atoms with Crippen molar-refractivity contribution >= 4 is 16.9 Å². The first-order chi connectivity index (χ1) is 16.5. The summed E-state index contributed by atoms with van der Waals surface area (Å²) in [5, 5.41) is 13.7. The summed E-state index contributed by atoms with van der Waals surface area (Å²) >= 11 is 0. The Kier molecular flexibility index (Phi) is 5.85. The number of benzene rings is 1. The van der Waals surface area contributed by atoms with Gasteiger partial charge in [-0.05, 0) is 54.7 Å². The second-order valence-electron chi connectivity index (χ2n) is 9.64. The minimum Gasteiger partial charge on any atom is -0.381 e. The number of aromatic nitrogens is 2. The van der Waals surface area contributed by atoms with Gasteiger partial charge in [0.2, 0.25) is 0 Å². The number of halogens is 3. The van der Waals surface area contributed by atoms with E-state index in [0.717, 1.165) is 28.5 Å². The summed E-state index contributed by atoms with van der Waals surface area (Å²) in [7, 11) is 0. The Morgan fingerprint density at radius 2 is 2.03 bits per heavy atom. The molecule has 0 bridgehead atoms. The van der Waals surface area contributed by atoms with Crippen molar-refractivity contribution in [2.45, 2.75) is 44.6 Å². The maximum Gasteiger partial charge on any atom is 0.418 e. The van der Waals surface area contributed by atoms with Crippen LogP contribution in [-0.2, 0) is 28.7 Å². The number of morpholine rings is 1. The van der Waals surface area contributed by atoms with Gasteiger partial charge in [0.1, 0.15) is 11.2 Å². The lowest BCUT2D eigenvalue weighted by Crippen LogP contribution is -2.47. The highest BCUT2D eigenvalue weighted by Gasteiger charge is 2.35. The molecule has 3 N–H and O–H groups in total. The number of aromatic amines is 1. The molecular formula is C25H27F3N4O3. The Morgan fingerprint density at radius 1 is 1.23 bits per heavy atom. The second kappa shape index (κ2) is 8.61. The van der Waals surface area contributed by atoms with Crippen LogP contribution in [0.3, 0.4) is 0 Å². The molecule has 10 heteroatoms. The maximum absolute atomic E-state index is 13.5. The van der Waals surface area contributed by atoms with Crippen LogP contribution in [0.25, 0.3) is 22.2 Å². The zero-order valence-electron chi connectivity index (χ0n) is 19.5. The van der Waals surface area contributed by atoms with Crippen molar-refractivity contribution in [3.8, 4) is 11.1 Å². The Morgan fingerprint density at radius 3 is 2.71 bits per heavy atom. The molecule has 0 saturated carbocycles. The average Bonchev–Trinajstić information content (AvgIpc) is 3.26. The molecule has 4 heterocycles.